The first-order valence-corrected chi connectivity index (χ1v) is 8.01. The largest absolute Gasteiger partial charge is 0.481 e. The zero-order chi connectivity index (χ0) is 16.8. The molecule has 0 aliphatic rings. The number of alkyl halides is 2. The Bertz CT molecular complexity index is 663. The van der Waals surface area contributed by atoms with Crippen molar-refractivity contribution in [3.8, 4) is 5.75 Å². The third-order valence-electron chi connectivity index (χ3n) is 2.63. The lowest BCUT2D eigenvalue weighted by Crippen LogP contribution is -2.20. The van der Waals surface area contributed by atoms with Crippen LogP contribution in [0.4, 0.5) is 14.5 Å². The van der Waals surface area contributed by atoms with E-state index in [1.165, 1.54) is 24.3 Å². The summed E-state index contributed by atoms with van der Waals surface area (Å²) in [7, 11) is 0. The van der Waals surface area contributed by atoms with Crippen molar-refractivity contribution in [1.29, 1.82) is 0 Å². The van der Waals surface area contributed by atoms with E-state index in [0.29, 0.717) is 32.4 Å². The van der Waals surface area contributed by atoms with Crippen molar-refractivity contribution >= 4 is 46.6 Å². The van der Waals surface area contributed by atoms with Crippen molar-refractivity contribution in [2.45, 2.75) is 10.7 Å². The Hall–Kier alpha value is -1.50. The Morgan fingerprint density at radius 2 is 1.74 bits per heavy atom. The number of benzene rings is 2. The SMILES string of the molecule is O=C(COc1c(Cl)cccc1Cl)Nc1ccc(SC(F)F)cc1. The van der Waals surface area contributed by atoms with E-state index in [1.54, 1.807) is 18.2 Å². The lowest BCUT2D eigenvalue weighted by molar-refractivity contribution is -0.118. The number of carbonyl (C=O) groups is 1. The maximum Gasteiger partial charge on any atom is 0.288 e. The van der Waals surface area contributed by atoms with Gasteiger partial charge in [-0.3, -0.25) is 4.79 Å². The number of amides is 1. The molecule has 0 aliphatic heterocycles. The predicted molar refractivity (Wildman–Crippen MR) is 88.9 cm³/mol. The summed E-state index contributed by atoms with van der Waals surface area (Å²) in [6, 6.07) is 10.9. The van der Waals surface area contributed by atoms with E-state index in [2.05, 4.69) is 5.32 Å². The van der Waals surface area contributed by atoms with Gasteiger partial charge in [0.25, 0.3) is 11.7 Å². The van der Waals surface area contributed by atoms with E-state index in [0.717, 1.165) is 0 Å². The van der Waals surface area contributed by atoms with E-state index < -0.39 is 11.7 Å². The molecular weight excluding hydrogens is 367 g/mol. The molecule has 23 heavy (non-hydrogen) atoms. The molecule has 2 rings (SSSR count). The fourth-order valence-electron chi connectivity index (χ4n) is 1.67. The number of anilines is 1. The predicted octanol–water partition coefficient (Wildman–Crippen LogP) is 5.33. The van der Waals surface area contributed by atoms with Crippen LogP contribution < -0.4 is 10.1 Å². The third-order valence-corrected chi connectivity index (χ3v) is 3.95. The summed E-state index contributed by atoms with van der Waals surface area (Å²) in [5, 5.41) is 3.19. The first-order valence-electron chi connectivity index (χ1n) is 6.37. The standard InChI is InChI=1S/C15H11Cl2F2NO2S/c16-11-2-1-3-12(17)14(11)22-8-13(21)20-9-4-6-10(7-5-9)23-15(18)19/h1-7,15H,8H2,(H,20,21). The van der Waals surface area contributed by atoms with Gasteiger partial charge in [0.1, 0.15) is 0 Å². The average molecular weight is 378 g/mol. The van der Waals surface area contributed by atoms with E-state index in [9.17, 15) is 13.6 Å². The molecular formula is C15H11Cl2F2NO2S. The highest BCUT2D eigenvalue weighted by Gasteiger charge is 2.10. The summed E-state index contributed by atoms with van der Waals surface area (Å²) >= 11 is 12.3. The molecule has 0 saturated carbocycles. The van der Waals surface area contributed by atoms with Gasteiger partial charge in [-0.2, -0.15) is 8.78 Å². The minimum atomic E-state index is -2.48. The Morgan fingerprint density at radius 1 is 1.13 bits per heavy atom. The van der Waals surface area contributed by atoms with Gasteiger partial charge in [-0.05, 0) is 36.4 Å². The van der Waals surface area contributed by atoms with Crippen LogP contribution in [0.2, 0.25) is 10.0 Å². The molecule has 0 bridgehead atoms. The Labute approximate surface area is 145 Å². The first kappa shape index (κ1) is 17.8. The molecule has 0 fully saturated rings. The van der Waals surface area contributed by atoms with Crippen LogP contribution in [-0.2, 0) is 4.79 Å². The summed E-state index contributed by atoms with van der Waals surface area (Å²) in [4.78, 5) is 12.2. The molecule has 0 atom stereocenters. The second kappa shape index (κ2) is 8.38. The zero-order valence-electron chi connectivity index (χ0n) is 11.6. The van der Waals surface area contributed by atoms with Crippen molar-refractivity contribution in [3.05, 3.63) is 52.5 Å². The number of hydrogen-bond acceptors (Lipinski definition) is 3. The number of ether oxygens (including phenoxy) is 1. The quantitative estimate of drug-likeness (QED) is 0.691. The second-order valence-electron chi connectivity index (χ2n) is 4.29. The number of nitrogens with one attached hydrogen (secondary N) is 1. The Kier molecular flexibility index (Phi) is 6.50. The van der Waals surface area contributed by atoms with Gasteiger partial charge >= 0.3 is 0 Å². The molecule has 2 aromatic rings. The van der Waals surface area contributed by atoms with Gasteiger partial charge in [0, 0.05) is 10.6 Å². The van der Waals surface area contributed by atoms with Crippen LogP contribution in [0.3, 0.4) is 0 Å². The normalized spacial score (nSPS) is 10.7. The number of hydrogen-bond donors (Lipinski definition) is 1. The summed E-state index contributed by atoms with van der Waals surface area (Å²) in [6.45, 7) is -0.281. The average Bonchev–Trinajstić information content (AvgIpc) is 2.48. The van der Waals surface area contributed by atoms with E-state index in [1.807, 2.05) is 0 Å². The molecule has 0 aliphatic carbocycles. The smallest absolute Gasteiger partial charge is 0.288 e. The fraction of sp³-hybridized carbons (Fsp3) is 0.133. The number of para-hydroxylation sites is 1. The van der Waals surface area contributed by atoms with Crippen molar-refractivity contribution < 1.29 is 18.3 Å². The molecule has 1 N–H and O–H groups in total. The topological polar surface area (TPSA) is 38.3 Å². The third kappa shape index (κ3) is 5.57. The molecule has 0 spiro atoms. The monoisotopic (exact) mass is 377 g/mol. The van der Waals surface area contributed by atoms with Crippen LogP contribution >= 0.6 is 35.0 Å². The van der Waals surface area contributed by atoms with Crippen LogP contribution in [-0.4, -0.2) is 18.3 Å². The van der Waals surface area contributed by atoms with Crippen molar-refractivity contribution in [2.24, 2.45) is 0 Å². The highest BCUT2D eigenvalue weighted by Crippen LogP contribution is 2.32. The van der Waals surface area contributed by atoms with Gasteiger partial charge in [0.2, 0.25) is 0 Å². The summed E-state index contributed by atoms with van der Waals surface area (Å²) in [5.41, 5.74) is 0.475. The number of rotatable bonds is 6. The number of carbonyl (C=O) groups excluding carboxylic acids is 1. The maximum atomic E-state index is 12.2. The van der Waals surface area contributed by atoms with E-state index in [4.69, 9.17) is 27.9 Å². The van der Waals surface area contributed by atoms with Crippen LogP contribution in [0.1, 0.15) is 0 Å². The number of halogens is 4. The lowest BCUT2D eigenvalue weighted by Gasteiger charge is -2.10. The minimum Gasteiger partial charge on any atom is -0.481 e. The molecule has 0 radical (unpaired) electrons. The van der Waals surface area contributed by atoms with Crippen LogP contribution in [0, 0.1) is 0 Å². The zero-order valence-corrected chi connectivity index (χ0v) is 13.9. The van der Waals surface area contributed by atoms with Gasteiger partial charge in [-0.1, -0.05) is 41.0 Å². The molecule has 0 unspecified atom stereocenters. The van der Waals surface area contributed by atoms with Gasteiger partial charge in [0.05, 0.1) is 10.0 Å². The molecule has 0 saturated heterocycles. The van der Waals surface area contributed by atoms with Gasteiger partial charge in [-0.15, -0.1) is 0 Å². The maximum absolute atomic E-state index is 12.2. The molecule has 1 amide bonds. The highest BCUT2D eigenvalue weighted by atomic mass is 35.5. The van der Waals surface area contributed by atoms with Gasteiger partial charge in [0.15, 0.2) is 12.4 Å². The molecule has 0 heterocycles. The summed E-state index contributed by atoms with van der Waals surface area (Å²) < 4.78 is 29.7. The van der Waals surface area contributed by atoms with Crippen molar-refractivity contribution in [1.82, 2.24) is 0 Å². The van der Waals surface area contributed by atoms with E-state index in [-0.39, 0.29) is 12.4 Å². The van der Waals surface area contributed by atoms with Crippen molar-refractivity contribution in [2.75, 3.05) is 11.9 Å². The fourth-order valence-corrected chi connectivity index (χ4v) is 2.68. The summed E-state index contributed by atoms with van der Waals surface area (Å²) in [6.07, 6.45) is 0. The molecule has 122 valence electrons. The molecule has 0 aromatic heterocycles. The van der Waals surface area contributed by atoms with Crippen molar-refractivity contribution in [3.63, 3.8) is 0 Å². The summed E-state index contributed by atoms with van der Waals surface area (Å²) in [5.74, 6) is -2.67. The van der Waals surface area contributed by atoms with Crippen LogP contribution in [0.15, 0.2) is 47.4 Å². The lowest BCUT2D eigenvalue weighted by atomic mass is 10.3. The molecule has 3 nitrogen and oxygen atoms in total. The first-order chi connectivity index (χ1) is 11.0. The van der Waals surface area contributed by atoms with Gasteiger partial charge < -0.3 is 10.1 Å². The molecule has 8 heteroatoms. The Balaban J connectivity index is 1.90. The van der Waals surface area contributed by atoms with Crippen LogP contribution in [0.25, 0.3) is 0 Å². The van der Waals surface area contributed by atoms with E-state index >= 15 is 0 Å². The van der Waals surface area contributed by atoms with Crippen LogP contribution in [0.5, 0.6) is 5.75 Å². The second-order valence-corrected chi connectivity index (χ2v) is 6.17. The Morgan fingerprint density at radius 3 is 2.30 bits per heavy atom. The highest BCUT2D eigenvalue weighted by molar-refractivity contribution is 7.99. The number of thioether (sulfide) groups is 1. The molecule has 2 aromatic carbocycles. The van der Waals surface area contributed by atoms with Gasteiger partial charge in [-0.25, -0.2) is 0 Å². The minimum absolute atomic E-state index is 0.231.